The number of carbonyl (C=O) groups is 1. The molecule has 0 saturated heterocycles. The first-order valence-corrected chi connectivity index (χ1v) is 33.0. The zero-order valence-electron chi connectivity index (χ0n) is 50.8. The highest BCUT2D eigenvalue weighted by molar-refractivity contribution is 7.45. The van der Waals surface area contributed by atoms with E-state index in [-0.39, 0.29) is 12.5 Å². The minimum atomic E-state index is -4.62. The number of hydrogen-bond donors (Lipinski definition) is 2. The highest BCUT2D eigenvalue weighted by Crippen LogP contribution is 2.38. The largest absolute Gasteiger partial charge is 0.756 e. The van der Waals surface area contributed by atoms with Crippen molar-refractivity contribution in [2.75, 3.05) is 40.9 Å². The Morgan fingerprint density at radius 2 is 0.795 bits per heavy atom. The van der Waals surface area contributed by atoms with Crippen molar-refractivity contribution in [3.8, 4) is 0 Å². The molecular weight excluding hydrogens is 984 g/mol. The molecule has 0 rings (SSSR count). The number of unbranched alkanes of at least 4 members (excludes halogenated alkanes) is 23. The molecule has 3 atom stereocenters. The van der Waals surface area contributed by atoms with Crippen molar-refractivity contribution in [1.82, 2.24) is 5.32 Å². The highest BCUT2D eigenvalue weighted by atomic mass is 31.2. The molecule has 2 N–H and O–H groups in total. The molecule has 0 aromatic carbocycles. The predicted molar refractivity (Wildman–Crippen MR) is 338 cm³/mol. The third-order valence-corrected chi connectivity index (χ3v) is 14.3. The first-order valence-electron chi connectivity index (χ1n) is 31.5. The summed E-state index contributed by atoms with van der Waals surface area (Å²) in [5, 5.41) is 13.9. The Hall–Kier alpha value is -3.36. The second-order valence-corrected chi connectivity index (χ2v) is 23.4. The number of phosphoric acid groups is 1. The number of nitrogens with zero attached hydrogens (tertiary/aromatic N) is 1. The predicted octanol–water partition coefficient (Wildman–Crippen LogP) is 19.2. The number of quaternary nitrogens is 1. The SMILES string of the molecule is CC/C=C\C/C=C\C/C=C\C/C=C\C/C=C\C/C=C\C/C=C\C/C=C\C/C=C\CCCCCCCC(=O)NC(COP(=O)([O-])OCC[N+](C)(C)C)C(O)/C=C/CC/C=C/CCCCCCCCCCCCCCCCCCC. The average molecular weight is 1100 g/mol. The molecule has 0 saturated carbocycles. The molecule has 0 bridgehead atoms. The van der Waals surface area contributed by atoms with Gasteiger partial charge in [0.05, 0.1) is 39.9 Å². The number of likely N-dealkylation sites (N-methyl/N-ethyl adjacent to an activating group) is 1. The summed E-state index contributed by atoms with van der Waals surface area (Å²) in [6, 6.07) is -0.926. The Kier molecular flexibility index (Phi) is 55.8. The van der Waals surface area contributed by atoms with Gasteiger partial charge < -0.3 is 28.8 Å². The summed E-state index contributed by atoms with van der Waals surface area (Å²) < 4.78 is 23.4. The van der Waals surface area contributed by atoms with Gasteiger partial charge in [-0.2, -0.15) is 0 Å². The van der Waals surface area contributed by atoms with Crippen molar-refractivity contribution in [3.05, 3.63) is 134 Å². The number of aliphatic hydroxyl groups excluding tert-OH is 1. The summed E-state index contributed by atoms with van der Waals surface area (Å²) in [7, 11) is 1.21. The molecule has 0 aliphatic rings. The molecule has 78 heavy (non-hydrogen) atoms. The summed E-state index contributed by atoms with van der Waals surface area (Å²) in [5.41, 5.74) is 0. The smallest absolute Gasteiger partial charge is 0.268 e. The van der Waals surface area contributed by atoms with E-state index in [1.54, 1.807) is 6.08 Å². The van der Waals surface area contributed by atoms with Gasteiger partial charge in [0.15, 0.2) is 0 Å². The van der Waals surface area contributed by atoms with Gasteiger partial charge in [-0.1, -0.05) is 270 Å². The summed E-state index contributed by atoms with van der Waals surface area (Å²) >= 11 is 0. The number of carbonyl (C=O) groups excluding carboxylic acids is 1. The van der Waals surface area contributed by atoms with Crippen LogP contribution in [0.15, 0.2) is 134 Å². The van der Waals surface area contributed by atoms with E-state index in [1.165, 1.54) is 109 Å². The van der Waals surface area contributed by atoms with Gasteiger partial charge >= 0.3 is 0 Å². The Bertz CT molecular complexity index is 1730. The maximum Gasteiger partial charge on any atom is 0.268 e. The fraction of sp³-hybridized carbons (Fsp3) is 0.667. The molecule has 9 heteroatoms. The van der Waals surface area contributed by atoms with Crippen molar-refractivity contribution in [3.63, 3.8) is 0 Å². The first kappa shape index (κ1) is 74.6. The van der Waals surface area contributed by atoms with Crippen molar-refractivity contribution in [1.29, 1.82) is 0 Å². The van der Waals surface area contributed by atoms with Crippen molar-refractivity contribution in [2.24, 2.45) is 0 Å². The Morgan fingerprint density at radius 3 is 1.19 bits per heavy atom. The number of allylic oxidation sites excluding steroid dienone is 21. The van der Waals surface area contributed by atoms with E-state index in [4.69, 9.17) is 9.05 Å². The van der Waals surface area contributed by atoms with Crippen LogP contribution in [0.1, 0.15) is 245 Å². The maximum atomic E-state index is 13.0. The van der Waals surface area contributed by atoms with Gasteiger partial charge in [-0.3, -0.25) is 9.36 Å². The van der Waals surface area contributed by atoms with E-state index in [0.29, 0.717) is 17.4 Å². The lowest BCUT2D eigenvalue weighted by atomic mass is 10.0. The van der Waals surface area contributed by atoms with Crippen molar-refractivity contribution in [2.45, 2.75) is 257 Å². The van der Waals surface area contributed by atoms with E-state index < -0.39 is 26.6 Å². The third kappa shape index (κ3) is 60.3. The molecular formula is C69H119N2O6P. The number of nitrogens with one attached hydrogen (secondary N) is 1. The third-order valence-electron chi connectivity index (χ3n) is 13.3. The summed E-state index contributed by atoms with van der Waals surface area (Å²) in [4.78, 5) is 25.6. The monoisotopic (exact) mass is 1100 g/mol. The van der Waals surface area contributed by atoms with Crippen molar-refractivity contribution < 1.29 is 32.9 Å². The van der Waals surface area contributed by atoms with E-state index in [0.717, 1.165) is 116 Å². The highest BCUT2D eigenvalue weighted by Gasteiger charge is 2.23. The van der Waals surface area contributed by atoms with Crippen LogP contribution in [-0.4, -0.2) is 68.5 Å². The normalized spacial score (nSPS) is 14.7. The Labute approximate surface area is 481 Å². The molecule has 446 valence electrons. The molecule has 0 heterocycles. The molecule has 0 radical (unpaired) electrons. The lowest BCUT2D eigenvalue weighted by Gasteiger charge is -2.29. The van der Waals surface area contributed by atoms with Gasteiger partial charge in [0, 0.05) is 6.42 Å². The second kappa shape index (κ2) is 58.3. The van der Waals surface area contributed by atoms with Crippen LogP contribution in [0.3, 0.4) is 0 Å². The number of hydrogen-bond acceptors (Lipinski definition) is 6. The molecule has 0 spiro atoms. The first-order chi connectivity index (χ1) is 38.0. The van der Waals surface area contributed by atoms with Gasteiger partial charge in [-0.15, -0.1) is 0 Å². The van der Waals surface area contributed by atoms with Crippen LogP contribution >= 0.6 is 7.82 Å². The second-order valence-electron chi connectivity index (χ2n) is 22.0. The molecule has 0 aliphatic carbocycles. The zero-order valence-corrected chi connectivity index (χ0v) is 51.7. The molecule has 0 aromatic rings. The fourth-order valence-corrected chi connectivity index (χ4v) is 9.18. The van der Waals surface area contributed by atoms with Gasteiger partial charge in [-0.25, -0.2) is 0 Å². The fourth-order valence-electron chi connectivity index (χ4n) is 8.46. The number of aliphatic hydroxyl groups is 1. The van der Waals surface area contributed by atoms with E-state index in [9.17, 15) is 19.4 Å². The molecule has 1 amide bonds. The maximum absolute atomic E-state index is 13.0. The quantitative estimate of drug-likeness (QED) is 0.0272. The van der Waals surface area contributed by atoms with Crippen LogP contribution in [0.2, 0.25) is 0 Å². The number of amides is 1. The molecule has 8 nitrogen and oxygen atoms in total. The van der Waals surface area contributed by atoms with Crippen LogP contribution in [0.25, 0.3) is 0 Å². The lowest BCUT2D eigenvalue weighted by Crippen LogP contribution is -2.45. The Balaban J connectivity index is 4.30. The number of rotatable bonds is 56. The minimum absolute atomic E-state index is 0.0177. The van der Waals surface area contributed by atoms with Crippen LogP contribution in [0.5, 0.6) is 0 Å². The van der Waals surface area contributed by atoms with E-state index in [1.807, 2.05) is 27.2 Å². The average Bonchev–Trinajstić information content (AvgIpc) is 3.41. The van der Waals surface area contributed by atoms with Gasteiger partial charge in [0.25, 0.3) is 7.82 Å². The zero-order chi connectivity index (χ0) is 57.0. The van der Waals surface area contributed by atoms with Gasteiger partial charge in [-0.05, 0) is 103 Å². The molecule has 3 unspecified atom stereocenters. The van der Waals surface area contributed by atoms with Crippen molar-refractivity contribution >= 4 is 13.7 Å². The standard InChI is InChI=1S/C69H119N2O6P/c1-6-8-10-12-14-16-18-20-22-24-26-28-30-31-32-33-34-35-36-37-38-39-41-43-45-47-49-51-53-55-57-59-61-63-69(73)70-67(66-77-78(74,75)76-65-64-71(3,4)5)68(72)62-60-58-56-54-52-50-48-46-44-42-40-29-27-25-23-21-19-17-15-13-11-9-7-2/h8,10,14,16,20,22,26,28,31-32,34-35,37-38,41,43,47,49,52,54,60,62,67-68,72H,6-7,9,11-13,15,17-19,21,23-25,27,29-30,33,36,39-40,42,44-46,48,50-51,53,55-59,61,63-66H2,1-5H3,(H-,70,73,74,75)/b10-8-,16-14-,22-20-,28-26-,32-31-,35-34-,38-37-,43-41-,49-47-,54-52+,62-60+. The molecule has 0 aromatic heterocycles. The summed E-state index contributed by atoms with van der Waals surface area (Å²) in [6.07, 6.45) is 88.3. The van der Waals surface area contributed by atoms with Crippen LogP contribution in [-0.2, 0) is 18.4 Å². The minimum Gasteiger partial charge on any atom is -0.756 e. The topological polar surface area (TPSA) is 108 Å². The Morgan fingerprint density at radius 1 is 0.462 bits per heavy atom. The summed E-state index contributed by atoms with van der Waals surface area (Å²) in [5.74, 6) is -0.230. The van der Waals surface area contributed by atoms with Crippen LogP contribution < -0.4 is 10.2 Å². The number of phosphoric ester groups is 1. The lowest BCUT2D eigenvalue weighted by molar-refractivity contribution is -0.870. The van der Waals surface area contributed by atoms with E-state index >= 15 is 0 Å². The van der Waals surface area contributed by atoms with Crippen LogP contribution in [0, 0.1) is 0 Å². The summed E-state index contributed by atoms with van der Waals surface area (Å²) in [6.45, 7) is 4.50. The van der Waals surface area contributed by atoms with Gasteiger partial charge in [0.2, 0.25) is 5.91 Å². The van der Waals surface area contributed by atoms with Gasteiger partial charge in [0.1, 0.15) is 13.2 Å². The van der Waals surface area contributed by atoms with E-state index in [2.05, 4.69) is 141 Å². The molecule has 0 fully saturated rings. The molecule has 0 aliphatic heterocycles. The van der Waals surface area contributed by atoms with Crippen LogP contribution in [0.4, 0.5) is 0 Å².